The monoisotopic (exact) mass is 700 g/mol. The van der Waals surface area contributed by atoms with Gasteiger partial charge in [0, 0.05) is 17.3 Å². The Labute approximate surface area is 277 Å². The molecule has 2 aromatic carbocycles. The molecule has 0 fully saturated rings. The third-order valence-electron chi connectivity index (χ3n) is 6.69. The molecule has 0 aliphatic rings. The van der Waals surface area contributed by atoms with Crippen LogP contribution in [0.2, 0.25) is 0 Å². The van der Waals surface area contributed by atoms with Gasteiger partial charge in [0.1, 0.15) is 0 Å². The average molecular weight is 701 g/mol. The first-order valence-electron chi connectivity index (χ1n) is 14.0. The summed E-state index contributed by atoms with van der Waals surface area (Å²) in [6, 6.07) is 17.3. The number of aliphatic hydroxyl groups is 1. The van der Waals surface area contributed by atoms with Crippen molar-refractivity contribution < 1.29 is 26.1 Å². The normalized spacial score (nSPS) is 12.5. The van der Waals surface area contributed by atoms with Crippen molar-refractivity contribution in [1.82, 2.24) is 0 Å². The minimum atomic E-state index is -3.66. The van der Waals surface area contributed by atoms with E-state index in [4.69, 9.17) is 20.0 Å². The van der Waals surface area contributed by atoms with E-state index < -0.39 is 19.2 Å². The molecule has 2 unspecified atom stereocenters. The molecule has 44 heavy (non-hydrogen) atoms. The molecule has 2 aromatic heterocycles. The third kappa shape index (κ3) is 14.8. The van der Waals surface area contributed by atoms with Crippen molar-refractivity contribution in [2.75, 3.05) is 13.2 Å². The Bertz CT molecular complexity index is 1510. The molecule has 2 heterocycles. The molecule has 244 valence electrons. The van der Waals surface area contributed by atoms with Gasteiger partial charge < -0.3 is 5.11 Å². The number of halogens is 1. The average Bonchev–Trinajstić information content (AvgIpc) is 3.69. The summed E-state index contributed by atoms with van der Waals surface area (Å²) in [6.45, 7) is 8.51. The van der Waals surface area contributed by atoms with Gasteiger partial charge in [0.15, 0.2) is 0 Å². The van der Waals surface area contributed by atoms with Gasteiger partial charge in [0.2, 0.25) is 0 Å². The predicted octanol–water partition coefficient (Wildman–Crippen LogP) is 8.90. The first kappa shape index (κ1) is 40.0. The lowest BCUT2D eigenvalue weighted by molar-refractivity contribution is 0.222. The quantitative estimate of drug-likeness (QED) is 0.117. The smallest absolute Gasteiger partial charge is 0.296 e. The van der Waals surface area contributed by atoms with E-state index in [0.29, 0.717) is 12.5 Å². The van der Waals surface area contributed by atoms with Gasteiger partial charge in [0.25, 0.3) is 19.2 Å². The van der Waals surface area contributed by atoms with Crippen LogP contribution in [-0.4, -0.2) is 35.2 Å². The zero-order chi connectivity index (χ0) is 31.9. The maximum atomic E-state index is 12.1. The van der Waals surface area contributed by atoms with Crippen LogP contribution in [0.15, 0.2) is 92.0 Å². The van der Waals surface area contributed by atoms with Gasteiger partial charge in [-0.25, -0.2) is 8.42 Å². The molecule has 4 rings (SSSR count). The summed E-state index contributed by atoms with van der Waals surface area (Å²) in [4.78, 5) is 0.364. The zero-order valence-corrected chi connectivity index (χ0v) is 29.0. The molecular weight excluding hydrogens is 656 g/mol. The topological polar surface area (TPSA) is 97.7 Å². The fraction of sp³-hybridized carbons (Fsp3) is 0.394. The van der Waals surface area contributed by atoms with E-state index in [0.717, 1.165) is 36.8 Å². The number of hydrogen-bond acceptors (Lipinski definition) is 8. The molecule has 11 heteroatoms. The van der Waals surface area contributed by atoms with E-state index in [1.165, 1.54) is 23.3 Å². The molecule has 2 atom stereocenters. The highest BCUT2D eigenvalue weighted by atomic mass is 35.7. The van der Waals surface area contributed by atoms with Gasteiger partial charge in [0.05, 0.1) is 16.4 Å². The first-order chi connectivity index (χ1) is 20.4. The number of rotatable bonds is 12. The highest BCUT2D eigenvalue weighted by Gasteiger charge is 2.18. The van der Waals surface area contributed by atoms with Gasteiger partial charge >= 0.3 is 0 Å². The Kier molecular flexibility index (Phi) is 18.3. The van der Waals surface area contributed by atoms with Crippen LogP contribution in [0.1, 0.15) is 56.4 Å². The van der Waals surface area contributed by atoms with Crippen molar-refractivity contribution in [3.05, 3.63) is 104 Å². The van der Waals surface area contributed by atoms with Crippen molar-refractivity contribution in [2.24, 2.45) is 11.8 Å². The van der Waals surface area contributed by atoms with Crippen molar-refractivity contribution >= 4 is 52.5 Å². The number of thiophene rings is 2. The fourth-order valence-electron chi connectivity index (χ4n) is 3.80. The molecule has 0 spiro atoms. The molecule has 0 saturated heterocycles. The van der Waals surface area contributed by atoms with Crippen LogP contribution in [0, 0.1) is 25.7 Å². The highest BCUT2D eigenvalue weighted by molar-refractivity contribution is 8.13. The molecule has 4 aromatic rings. The number of benzene rings is 2. The summed E-state index contributed by atoms with van der Waals surface area (Å²) in [7, 11) is -2.12. The van der Waals surface area contributed by atoms with Gasteiger partial charge in [-0.1, -0.05) is 69.5 Å². The van der Waals surface area contributed by atoms with E-state index in [-0.39, 0.29) is 29.7 Å². The largest absolute Gasteiger partial charge is 0.396 e. The van der Waals surface area contributed by atoms with Crippen molar-refractivity contribution in [3.8, 4) is 0 Å². The summed E-state index contributed by atoms with van der Waals surface area (Å²) in [5, 5.41) is 17.3. The van der Waals surface area contributed by atoms with Crippen LogP contribution in [0.4, 0.5) is 0 Å². The molecule has 0 saturated carbocycles. The summed E-state index contributed by atoms with van der Waals surface area (Å²) < 4.78 is 50.9. The minimum Gasteiger partial charge on any atom is -0.396 e. The van der Waals surface area contributed by atoms with Crippen LogP contribution < -0.4 is 0 Å². The summed E-state index contributed by atoms with van der Waals surface area (Å²) in [5.41, 5.74) is 4.63. The maximum absolute atomic E-state index is 12.1. The summed E-state index contributed by atoms with van der Waals surface area (Å²) >= 11 is 3.38. The second kappa shape index (κ2) is 20.2. The Balaban J connectivity index is 0.000000357. The van der Waals surface area contributed by atoms with E-state index in [2.05, 4.69) is 42.1 Å². The van der Waals surface area contributed by atoms with Gasteiger partial charge in [-0.3, -0.25) is 4.18 Å². The lowest BCUT2D eigenvalue weighted by atomic mass is 10.00. The number of aryl methyl sites for hydroxylation is 2. The van der Waals surface area contributed by atoms with Gasteiger partial charge in [-0.2, -0.15) is 31.1 Å². The Morgan fingerprint density at radius 1 is 0.727 bits per heavy atom. The molecule has 1 N–H and O–H groups in total. The number of aliphatic hydroxyl groups excluding tert-OH is 1. The van der Waals surface area contributed by atoms with Crippen LogP contribution in [-0.2, 0) is 36.2 Å². The summed E-state index contributed by atoms with van der Waals surface area (Å²) in [6.07, 6.45) is 3.82. The minimum absolute atomic E-state index is 0. The van der Waals surface area contributed by atoms with E-state index in [9.17, 15) is 16.8 Å². The lowest BCUT2D eigenvalue weighted by Crippen LogP contribution is -2.16. The first-order valence-corrected chi connectivity index (χ1v) is 19.6. The van der Waals surface area contributed by atoms with Crippen LogP contribution >= 0.6 is 33.4 Å². The van der Waals surface area contributed by atoms with E-state index >= 15 is 0 Å². The standard InChI is InChI=1S/C16H20O3S2.C9H14OS.C7H7ClO2S.CH4/c1-3-14(10-15-8-9-20-12-15)11-19-21(17,18)16-6-4-13(2)5-7-16;1-2-8(6-10)5-9-3-4-11-7-9;1-6-2-4-7(5-3-6)11(8,9)10;/h4-9,12,14H,3,10-11H2,1-2H3;3-4,7-8,10H,2,5-6H2,1H3;2-5H,1H3;1H4. The van der Waals surface area contributed by atoms with E-state index in [1.54, 1.807) is 59.1 Å². The van der Waals surface area contributed by atoms with Crippen LogP contribution in [0.5, 0.6) is 0 Å². The number of hydrogen-bond donors (Lipinski definition) is 1. The third-order valence-corrected chi connectivity index (χ3v) is 10.8. The Morgan fingerprint density at radius 3 is 1.52 bits per heavy atom. The lowest BCUT2D eigenvalue weighted by Gasteiger charge is -2.14. The molecular formula is C33H45ClO6S4. The predicted molar refractivity (Wildman–Crippen MR) is 186 cm³/mol. The van der Waals surface area contributed by atoms with E-state index in [1.807, 2.05) is 19.2 Å². The van der Waals surface area contributed by atoms with Gasteiger partial charge in [-0.05, 0) is 108 Å². The molecule has 0 aliphatic heterocycles. The SMILES string of the molecule is C.CCC(CO)Cc1ccsc1.CCC(COS(=O)(=O)c1ccc(C)cc1)Cc1ccsc1.Cc1ccc(S(=O)(=O)Cl)cc1. The Hall–Kier alpha value is -2.05. The Morgan fingerprint density at radius 2 is 1.16 bits per heavy atom. The molecule has 6 nitrogen and oxygen atoms in total. The molecule has 0 bridgehead atoms. The van der Waals surface area contributed by atoms with Crippen molar-refractivity contribution in [3.63, 3.8) is 0 Å². The fourth-order valence-corrected chi connectivity index (χ4v) is 6.91. The highest BCUT2D eigenvalue weighted by Crippen LogP contribution is 2.19. The summed E-state index contributed by atoms with van der Waals surface area (Å²) in [5.74, 6) is 0.657. The van der Waals surface area contributed by atoms with Crippen molar-refractivity contribution in [2.45, 2.75) is 70.6 Å². The second-order valence-electron chi connectivity index (χ2n) is 10.2. The maximum Gasteiger partial charge on any atom is 0.296 e. The van der Waals surface area contributed by atoms with Crippen LogP contribution in [0.3, 0.4) is 0 Å². The molecule has 0 amide bonds. The van der Waals surface area contributed by atoms with Gasteiger partial charge in [-0.15, -0.1) is 0 Å². The van der Waals surface area contributed by atoms with Crippen molar-refractivity contribution in [1.29, 1.82) is 0 Å². The molecule has 0 aliphatic carbocycles. The van der Waals surface area contributed by atoms with Crippen LogP contribution in [0.25, 0.3) is 0 Å². The zero-order valence-electron chi connectivity index (χ0n) is 25.0. The molecule has 0 radical (unpaired) electrons. The second-order valence-corrected chi connectivity index (χ2v) is 15.9.